The molecule has 18 heavy (non-hydrogen) atoms. The van der Waals surface area contributed by atoms with Gasteiger partial charge in [-0.05, 0) is 40.5 Å². The van der Waals surface area contributed by atoms with Crippen molar-refractivity contribution >= 4 is 27.7 Å². The first-order chi connectivity index (χ1) is 8.52. The van der Waals surface area contributed by atoms with Crippen LogP contribution in [0.25, 0.3) is 5.69 Å². The van der Waals surface area contributed by atoms with Crippen molar-refractivity contribution in [3.8, 4) is 5.69 Å². The minimum atomic E-state index is -0.510. The molecule has 0 aliphatic carbocycles. The minimum Gasteiger partial charge on any atom is -0.464 e. The SMILES string of the molecule is COC(=O)c1cc(N)n(-c2ccc(C)cc2Br)n1. The lowest BCUT2D eigenvalue weighted by atomic mass is 10.2. The van der Waals surface area contributed by atoms with Crippen LogP contribution >= 0.6 is 15.9 Å². The highest BCUT2D eigenvalue weighted by Gasteiger charge is 2.15. The molecule has 0 aliphatic rings. The number of esters is 1. The summed E-state index contributed by atoms with van der Waals surface area (Å²) in [5, 5.41) is 4.13. The molecule has 0 aliphatic heterocycles. The number of ether oxygens (including phenoxy) is 1. The number of nitrogens with two attached hydrogens (primary N) is 1. The number of nitrogens with zero attached hydrogens (tertiary/aromatic N) is 2. The summed E-state index contributed by atoms with van der Waals surface area (Å²) < 4.78 is 6.96. The van der Waals surface area contributed by atoms with E-state index in [1.807, 2.05) is 25.1 Å². The van der Waals surface area contributed by atoms with Crippen molar-refractivity contribution in [1.29, 1.82) is 0 Å². The number of aryl methyl sites for hydroxylation is 1. The zero-order valence-electron chi connectivity index (χ0n) is 9.98. The summed E-state index contributed by atoms with van der Waals surface area (Å²) in [5.41, 5.74) is 7.91. The fourth-order valence-electron chi connectivity index (χ4n) is 1.58. The third kappa shape index (κ3) is 2.24. The highest BCUT2D eigenvalue weighted by molar-refractivity contribution is 9.10. The Morgan fingerprint density at radius 2 is 2.17 bits per heavy atom. The molecule has 1 aromatic heterocycles. The maximum Gasteiger partial charge on any atom is 0.358 e. The van der Waals surface area contributed by atoms with E-state index in [1.165, 1.54) is 17.9 Å². The van der Waals surface area contributed by atoms with Gasteiger partial charge >= 0.3 is 5.97 Å². The van der Waals surface area contributed by atoms with Crippen molar-refractivity contribution in [1.82, 2.24) is 9.78 Å². The molecule has 0 spiro atoms. The Morgan fingerprint density at radius 3 is 2.78 bits per heavy atom. The van der Waals surface area contributed by atoms with Crippen LogP contribution in [0.5, 0.6) is 0 Å². The average Bonchev–Trinajstić information content (AvgIpc) is 2.70. The summed E-state index contributed by atoms with van der Waals surface area (Å²) in [7, 11) is 1.30. The highest BCUT2D eigenvalue weighted by Crippen LogP contribution is 2.24. The van der Waals surface area contributed by atoms with Gasteiger partial charge < -0.3 is 10.5 Å². The van der Waals surface area contributed by atoms with E-state index in [4.69, 9.17) is 5.73 Å². The number of halogens is 1. The number of anilines is 1. The average molecular weight is 310 g/mol. The lowest BCUT2D eigenvalue weighted by Gasteiger charge is -2.07. The second-order valence-electron chi connectivity index (χ2n) is 3.81. The number of methoxy groups -OCH3 is 1. The van der Waals surface area contributed by atoms with Crippen LogP contribution in [0, 0.1) is 6.92 Å². The van der Waals surface area contributed by atoms with Gasteiger partial charge in [0.2, 0.25) is 0 Å². The maximum absolute atomic E-state index is 11.4. The smallest absolute Gasteiger partial charge is 0.358 e. The second-order valence-corrected chi connectivity index (χ2v) is 4.67. The summed E-state index contributed by atoms with van der Waals surface area (Å²) in [5.74, 6) is -0.136. The normalized spacial score (nSPS) is 10.4. The quantitative estimate of drug-likeness (QED) is 0.864. The fraction of sp³-hybridized carbons (Fsp3) is 0.167. The van der Waals surface area contributed by atoms with Gasteiger partial charge in [0.1, 0.15) is 5.82 Å². The number of rotatable bonds is 2. The van der Waals surface area contributed by atoms with Crippen molar-refractivity contribution in [3.05, 3.63) is 40.0 Å². The minimum absolute atomic E-state index is 0.183. The maximum atomic E-state index is 11.4. The molecule has 0 atom stereocenters. The van der Waals surface area contributed by atoms with E-state index >= 15 is 0 Å². The molecule has 2 N–H and O–H groups in total. The van der Waals surface area contributed by atoms with Gasteiger partial charge in [-0.1, -0.05) is 6.07 Å². The van der Waals surface area contributed by atoms with Crippen molar-refractivity contribution in [2.24, 2.45) is 0 Å². The molecule has 1 heterocycles. The Balaban J connectivity index is 2.51. The third-order valence-electron chi connectivity index (χ3n) is 2.46. The molecule has 5 nitrogen and oxygen atoms in total. The van der Waals surface area contributed by atoms with E-state index in [0.29, 0.717) is 5.82 Å². The molecule has 1 aromatic carbocycles. The summed E-state index contributed by atoms with van der Waals surface area (Å²) in [6.45, 7) is 1.99. The van der Waals surface area contributed by atoms with Crippen LogP contribution in [0.2, 0.25) is 0 Å². The van der Waals surface area contributed by atoms with Crippen LogP contribution in [0.4, 0.5) is 5.82 Å². The standard InChI is InChI=1S/C12H12BrN3O2/c1-7-3-4-10(8(13)5-7)16-11(14)6-9(15-16)12(17)18-2/h3-6H,14H2,1-2H3. The molecule has 0 saturated carbocycles. The molecular weight excluding hydrogens is 298 g/mol. The summed E-state index contributed by atoms with van der Waals surface area (Å²) in [6.07, 6.45) is 0. The lowest BCUT2D eigenvalue weighted by Crippen LogP contribution is -2.05. The molecule has 94 valence electrons. The van der Waals surface area contributed by atoms with Gasteiger partial charge in [0.15, 0.2) is 5.69 Å². The van der Waals surface area contributed by atoms with Gasteiger partial charge in [0.25, 0.3) is 0 Å². The molecule has 0 amide bonds. The number of hydrogen-bond acceptors (Lipinski definition) is 4. The third-order valence-corrected chi connectivity index (χ3v) is 3.10. The number of hydrogen-bond donors (Lipinski definition) is 1. The Labute approximate surface area is 113 Å². The Morgan fingerprint density at radius 1 is 1.44 bits per heavy atom. The molecular formula is C12H12BrN3O2. The van der Waals surface area contributed by atoms with E-state index in [2.05, 4.69) is 25.8 Å². The van der Waals surface area contributed by atoms with Crippen LogP contribution in [-0.4, -0.2) is 22.9 Å². The zero-order chi connectivity index (χ0) is 13.3. The Kier molecular flexibility index (Phi) is 3.38. The number of carbonyl (C=O) groups excluding carboxylic acids is 1. The van der Waals surface area contributed by atoms with Crippen molar-refractivity contribution in [2.75, 3.05) is 12.8 Å². The van der Waals surface area contributed by atoms with Crippen LogP contribution < -0.4 is 5.73 Å². The molecule has 0 saturated heterocycles. The number of benzene rings is 1. The topological polar surface area (TPSA) is 70.1 Å². The highest BCUT2D eigenvalue weighted by atomic mass is 79.9. The number of nitrogen functional groups attached to an aromatic ring is 1. The van der Waals surface area contributed by atoms with Gasteiger partial charge in [-0.15, -0.1) is 0 Å². The van der Waals surface area contributed by atoms with Gasteiger partial charge in [0, 0.05) is 10.5 Å². The summed E-state index contributed by atoms with van der Waals surface area (Å²) in [6, 6.07) is 7.26. The molecule has 0 radical (unpaired) electrons. The van der Waals surface area contributed by atoms with Crippen LogP contribution in [0.15, 0.2) is 28.7 Å². The first-order valence-electron chi connectivity index (χ1n) is 5.23. The molecule has 0 bridgehead atoms. The monoisotopic (exact) mass is 309 g/mol. The largest absolute Gasteiger partial charge is 0.464 e. The molecule has 6 heteroatoms. The number of aromatic nitrogens is 2. The lowest BCUT2D eigenvalue weighted by molar-refractivity contribution is 0.0593. The summed E-state index contributed by atoms with van der Waals surface area (Å²) >= 11 is 3.45. The van der Waals surface area contributed by atoms with E-state index in [-0.39, 0.29) is 5.69 Å². The molecule has 2 aromatic rings. The molecule has 0 unspecified atom stereocenters. The molecule has 2 rings (SSSR count). The van der Waals surface area contributed by atoms with E-state index in [1.54, 1.807) is 0 Å². The van der Waals surface area contributed by atoms with Crippen molar-refractivity contribution < 1.29 is 9.53 Å². The van der Waals surface area contributed by atoms with Gasteiger partial charge in [-0.2, -0.15) is 5.10 Å². The van der Waals surface area contributed by atoms with Gasteiger partial charge in [-0.25, -0.2) is 9.48 Å². The predicted molar refractivity (Wildman–Crippen MR) is 71.8 cm³/mol. The van der Waals surface area contributed by atoms with Crippen LogP contribution in [0.3, 0.4) is 0 Å². The first kappa shape index (κ1) is 12.6. The predicted octanol–water partition coefficient (Wildman–Crippen LogP) is 2.31. The first-order valence-corrected chi connectivity index (χ1v) is 6.02. The zero-order valence-corrected chi connectivity index (χ0v) is 11.6. The fourth-order valence-corrected chi connectivity index (χ4v) is 2.24. The second kappa shape index (κ2) is 4.81. The van der Waals surface area contributed by atoms with E-state index in [0.717, 1.165) is 15.7 Å². The number of carbonyl (C=O) groups is 1. The van der Waals surface area contributed by atoms with E-state index < -0.39 is 5.97 Å². The van der Waals surface area contributed by atoms with E-state index in [9.17, 15) is 4.79 Å². The Bertz CT molecular complexity index is 607. The summed E-state index contributed by atoms with van der Waals surface area (Å²) in [4.78, 5) is 11.4. The van der Waals surface area contributed by atoms with Crippen molar-refractivity contribution in [3.63, 3.8) is 0 Å². The van der Waals surface area contributed by atoms with Gasteiger partial charge in [-0.3, -0.25) is 0 Å². The Hall–Kier alpha value is -1.82. The van der Waals surface area contributed by atoms with Crippen molar-refractivity contribution in [2.45, 2.75) is 6.92 Å². The van der Waals surface area contributed by atoms with Gasteiger partial charge in [0.05, 0.1) is 12.8 Å². The van der Waals surface area contributed by atoms with Crippen LogP contribution in [0.1, 0.15) is 16.1 Å². The molecule has 0 fully saturated rings. The van der Waals surface area contributed by atoms with Crippen LogP contribution in [-0.2, 0) is 4.74 Å².